The molecule has 1 atom stereocenters. The van der Waals surface area contributed by atoms with Gasteiger partial charge in [0.2, 0.25) is 0 Å². The van der Waals surface area contributed by atoms with Crippen molar-refractivity contribution in [3.05, 3.63) is 16.0 Å². The fourth-order valence-electron chi connectivity index (χ4n) is 3.41. The lowest BCUT2D eigenvalue weighted by atomic mass is 9.67. The Morgan fingerprint density at radius 2 is 2.04 bits per heavy atom. The molecular weight excluding hydrogens is 346 g/mol. The number of fused-ring (bicyclic) bond motifs is 1. The molecule has 0 N–H and O–H groups in total. The zero-order chi connectivity index (χ0) is 17.5. The maximum atomic E-state index is 13.0. The van der Waals surface area contributed by atoms with Gasteiger partial charge in [-0.1, -0.05) is 13.8 Å². The van der Waals surface area contributed by atoms with E-state index in [0.717, 1.165) is 16.1 Å². The molecule has 2 heterocycles. The van der Waals surface area contributed by atoms with E-state index in [1.54, 1.807) is 4.90 Å². The van der Waals surface area contributed by atoms with E-state index in [1.165, 1.54) is 23.1 Å². The number of amides is 1. The molecule has 0 aromatic carbocycles. The summed E-state index contributed by atoms with van der Waals surface area (Å²) >= 11 is 2.86. The summed E-state index contributed by atoms with van der Waals surface area (Å²) < 4.78 is 6.16. The maximum Gasteiger partial charge on any atom is 0.264 e. The van der Waals surface area contributed by atoms with Crippen LogP contribution in [0.2, 0.25) is 0 Å². The van der Waals surface area contributed by atoms with Crippen molar-refractivity contribution in [2.75, 3.05) is 32.6 Å². The zero-order valence-corrected chi connectivity index (χ0v) is 15.7. The summed E-state index contributed by atoms with van der Waals surface area (Å²) in [6, 6.07) is 0. The molecule has 1 aromatic heterocycles. The van der Waals surface area contributed by atoms with E-state index in [9.17, 15) is 14.4 Å². The first-order chi connectivity index (χ1) is 11.4. The number of thioether (sulfide) groups is 1. The molecule has 0 radical (unpaired) electrons. The highest BCUT2D eigenvalue weighted by molar-refractivity contribution is 8.00. The van der Waals surface area contributed by atoms with Gasteiger partial charge in [0.05, 0.1) is 28.2 Å². The smallest absolute Gasteiger partial charge is 0.264 e. The molecule has 1 fully saturated rings. The lowest BCUT2D eigenvalue weighted by Gasteiger charge is -2.35. The van der Waals surface area contributed by atoms with E-state index in [2.05, 4.69) is 0 Å². The number of hydrogen-bond acceptors (Lipinski definition) is 6. The minimum Gasteiger partial charge on any atom is -0.378 e. The Kier molecular flexibility index (Phi) is 4.86. The van der Waals surface area contributed by atoms with Crippen LogP contribution in [-0.4, -0.2) is 55.4 Å². The van der Waals surface area contributed by atoms with Crippen molar-refractivity contribution in [3.63, 3.8) is 0 Å². The van der Waals surface area contributed by atoms with Gasteiger partial charge in [0.1, 0.15) is 6.29 Å². The van der Waals surface area contributed by atoms with Gasteiger partial charge < -0.3 is 14.4 Å². The molecule has 1 saturated heterocycles. The molecule has 1 unspecified atom stereocenters. The molecule has 1 aromatic rings. The molecule has 1 aliphatic heterocycles. The Balaban J connectivity index is 2.06. The number of ether oxygens (including phenoxy) is 1. The minimum absolute atomic E-state index is 0.0204. The third kappa shape index (κ3) is 2.82. The van der Waals surface area contributed by atoms with Gasteiger partial charge in [-0.3, -0.25) is 9.59 Å². The average molecular weight is 367 g/mol. The van der Waals surface area contributed by atoms with Crippen molar-refractivity contribution >= 4 is 41.1 Å². The van der Waals surface area contributed by atoms with E-state index >= 15 is 0 Å². The van der Waals surface area contributed by atoms with E-state index in [1.807, 2.05) is 20.1 Å². The lowest BCUT2D eigenvalue weighted by Crippen LogP contribution is -2.42. The monoisotopic (exact) mass is 367 g/mol. The summed E-state index contributed by atoms with van der Waals surface area (Å²) in [6.45, 7) is 6.10. The van der Waals surface area contributed by atoms with Crippen LogP contribution in [0, 0.1) is 11.3 Å². The lowest BCUT2D eigenvalue weighted by molar-refractivity contribution is -0.112. The van der Waals surface area contributed by atoms with Gasteiger partial charge in [-0.15, -0.1) is 23.1 Å². The van der Waals surface area contributed by atoms with Crippen LogP contribution in [0.3, 0.4) is 0 Å². The van der Waals surface area contributed by atoms with Gasteiger partial charge in [0.15, 0.2) is 5.78 Å². The van der Waals surface area contributed by atoms with Crippen LogP contribution in [0.25, 0.3) is 0 Å². The third-order valence-electron chi connectivity index (χ3n) is 4.79. The number of Topliss-reactive ketones (excluding diaryl/α,β-unsaturated/α-hetero) is 1. The number of thiophene rings is 1. The topological polar surface area (TPSA) is 63.7 Å². The van der Waals surface area contributed by atoms with Crippen molar-refractivity contribution < 1.29 is 19.1 Å². The van der Waals surface area contributed by atoms with E-state index < -0.39 is 11.3 Å². The fourth-order valence-corrected chi connectivity index (χ4v) is 5.44. The van der Waals surface area contributed by atoms with E-state index in [4.69, 9.17) is 4.74 Å². The number of ketones is 1. The molecule has 0 saturated carbocycles. The van der Waals surface area contributed by atoms with Gasteiger partial charge in [0.25, 0.3) is 5.91 Å². The van der Waals surface area contributed by atoms with Crippen LogP contribution in [0.5, 0.6) is 0 Å². The Hall–Kier alpha value is -1.18. The summed E-state index contributed by atoms with van der Waals surface area (Å²) in [7, 11) is 0. The molecule has 2 aliphatic rings. The van der Waals surface area contributed by atoms with Crippen molar-refractivity contribution in [3.8, 4) is 0 Å². The fraction of sp³-hybridized carbons (Fsp3) is 0.588. The van der Waals surface area contributed by atoms with Gasteiger partial charge in [-0.05, 0) is 23.7 Å². The quantitative estimate of drug-likeness (QED) is 0.467. The van der Waals surface area contributed by atoms with Crippen LogP contribution in [0.15, 0.2) is 4.21 Å². The second-order valence-electron chi connectivity index (χ2n) is 6.82. The van der Waals surface area contributed by atoms with Gasteiger partial charge in [0, 0.05) is 18.7 Å². The predicted octanol–water partition coefficient (Wildman–Crippen LogP) is 2.52. The number of nitrogens with zero attached hydrogens (tertiary/aromatic N) is 1. The van der Waals surface area contributed by atoms with Gasteiger partial charge in [-0.25, -0.2) is 0 Å². The van der Waals surface area contributed by atoms with Crippen LogP contribution >= 0.6 is 23.1 Å². The number of rotatable bonds is 3. The molecule has 0 spiro atoms. The Labute approximate surface area is 149 Å². The first-order valence-electron chi connectivity index (χ1n) is 7.97. The highest BCUT2D eigenvalue weighted by Crippen LogP contribution is 2.46. The van der Waals surface area contributed by atoms with Gasteiger partial charge in [-0.2, -0.15) is 0 Å². The van der Waals surface area contributed by atoms with E-state index in [0.29, 0.717) is 43.2 Å². The van der Waals surface area contributed by atoms with Gasteiger partial charge >= 0.3 is 0 Å². The average Bonchev–Trinajstić information content (AvgIpc) is 2.92. The standard InChI is InChI=1S/C17H21NO4S2/c1-17(2)8-10-12(13(20)11(17)9-19)16(23-3)24-14(10)15(21)18-4-6-22-7-5-18/h9,11H,4-8H2,1-3H3. The van der Waals surface area contributed by atoms with Crippen molar-refractivity contribution in [2.45, 2.75) is 24.5 Å². The van der Waals surface area contributed by atoms with Crippen molar-refractivity contribution in [1.29, 1.82) is 0 Å². The largest absolute Gasteiger partial charge is 0.378 e. The predicted molar refractivity (Wildman–Crippen MR) is 94.2 cm³/mol. The Bertz CT molecular complexity index is 689. The third-order valence-corrected chi connectivity index (χ3v) is 7.13. The van der Waals surface area contributed by atoms with Crippen LogP contribution < -0.4 is 0 Å². The number of morpholine rings is 1. The Morgan fingerprint density at radius 3 is 2.62 bits per heavy atom. The summed E-state index contributed by atoms with van der Waals surface area (Å²) in [4.78, 5) is 39.8. The van der Waals surface area contributed by atoms with Crippen molar-refractivity contribution in [2.24, 2.45) is 11.3 Å². The minimum atomic E-state index is -0.642. The second-order valence-corrected chi connectivity index (χ2v) is 8.92. The number of carbonyl (C=O) groups excluding carboxylic acids is 3. The zero-order valence-electron chi connectivity index (χ0n) is 14.1. The highest BCUT2D eigenvalue weighted by atomic mass is 32.2. The molecule has 3 rings (SSSR count). The SMILES string of the molecule is CSc1sc(C(=O)N2CCOCC2)c2c1C(=O)C(C=O)C(C)(C)C2. The molecule has 7 heteroatoms. The number of aldehydes is 1. The summed E-state index contributed by atoms with van der Waals surface area (Å²) in [5, 5.41) is 0. The number of hydrogen-bond donors (Lipinski definition) is 0. The second kappa shape index (κ2) is 6.61. The Morgan fingerprint density at radius 1 is 1.38 bits per heavy atom. The molecule has 24 heavy (non-hydrogen) atoms. The molecule has 0 bridgehead atoms. The maximum absolute atomic E-state index is 13.0. The molecular formula is C17H21NO4S2. The first-order valence-corrected chi connectivity index (χ1v) is 10.0. The molecule has 5 nitrogen and oxygen atoms in total. The van der Waals surface area contributed by atoms with Crippen LogP contribution in [0.1, 0.15) is 39.4 Å². The van der Waals surface area contributed by atoms with Crippen LogP contribution in [0.4, 0.5) is 0 Å². The number of carbonyl (C=O) groups is 3. The summed E-state index contributed by atoms with van der Waals surface area (Å²) in [5.41, 5.74) is 0.956. The molecule has 130 valence electrons. The normalized spacial score (nSPS) is 23.0. The summed E-state index contributed by atoms with van der Waals surface area (Å²) in [5.74, 6) is -0.803. The highest BCUT2D eigenvalue weighted by Gasteiger charge is 2.45. The van der Waals surface area contributed by atoms with E-state index in [-0.39, 0.29) is 11.7 Å². The van der Waals surface area contributed by atoms with Crippen molar-refractivity contribution in [1.82, 2.24) is 4.90 Å². The first kappa shape index (κ1) is 17.6. The molecule has 1 amide bonds. The van der Waals surface area contributed by atoms with Crippen LogP contribution in [-0.2, 0) is 16.0 Å². The molecule has 1 aliphatic carbocycles. The summed E-state index contributed by atoms with van der Waals surface area (Å²) in [6.07, 6.45) is 3.23.